The second kappa shape index (κ2) is 7.97. The Balaban J connectivity index is 2.15. The van der Waals surface area contributed by atoms with Crippen molar-refractivity contribution in [2.24, 2.45) is 11.8 Å². The van der Waals surface area contributed by atoms with E-state index in [1.54, 1.807) is 0 Å². The predicted molar refractivity (Wildman–Crippen MR) is 95.7 cm³/mol. The molecule has 0 bridgehead atoms. The second-order valence-corrected chi connectivity index (χ2v) is 7.20. The Morgan fingerprint density at radius 1 is 1.32 bits per heavy atom. The smallest absolute Gasteiger partial charge is 0.0796 e. The highest BCUT2D eigenvalue weighted by Gasteiger charge is 2.31. The van der Waals surface area contributed by atoms with E-state index in [4.69, 9.17) is 0 Å². The summed E-state index contributed by atoms with van der Waals surface area (Å²) in [6.45, 7) is 10.8. The van der Waals surface area contributed by atoms with Gasteiger partial charge in [-0.2, -0.15) is 0 Å². The molecule has 0 aliphatic heterocycles. The Morgan fingerprint density at radius 2 is 2.09 bits per heavy atom. The predicted octanol–water partition coefficient (Wildman–Crippen LogP) is 5.73. The van der Waals surface area contributed by atoms with Crippen LogP contribution in [0.5, 0.6) is 0 Å². The summed E-state index contributed by atoms with van der Waals surface area (Å²) in [6.07, 6.45) is 14.6. The van der Waals surface area contributed by atoms with Crippen molar-refractivity contribution in [2.45, 2.75) is 71.8 Å². The maximum absolute atomic E-state index is 10.7. The molecule has 3 atom stereocenters. The van der Waals surface area contributed by atoms with Crippen molar-refractivity contribution in [3.63, 3.8) is 0 Å². The lowest BCUT2D eigenvalue weighted by atomic mass is 9.71. The van der Waals surface area contributed by atoms with E-state index in [-0.39, 0.29) is 6.10 Å². The third-order valence-corrected chi connectivity index (χ3v) is 5.22. The fourth-order valence-electron chi connectivity index (χ4n) is 3.83. The molecule has 2 aliphatic rings. The summed E-state index contributed by atoms with van der Waals surface area (Å²) in [4.78, 5) is 0. The molecular formula is C21H32O. The SMILES string of the molecule is C=C(C)[C@@H]1CCC(C)=C[C@H]1C1=CC=C(CCCCC)CC1O. The number of unbranched alkanes of at least 4 members (excludes halogenated alkanes) is 2. The molecule has 0 amide bonds. The molecule has 1 nitrogen and oxygen atoms in total. The monoisotopic (exact) mass is 300 g/mol. The number of aliphatic hydroxyl groups excluding tert-OH is 1. The Morgan fingerprint density at radius 3 is 2.73 bits per heavy atom. The molecule has 0 saturated heterocycles. The van der Waals surface area contributed by atoms with E-state index in [0.717, 1.165) is 19.3 Å². The molecule has 1 N–H and O–H groups in total. The van der Waals surface area contributed by atoms with Gasteiger partial charge in [-0.05, 0) is 57.4 Å². The van der Waals surface area contributed by atoms with E-state index in [2.05, 4.69) is 45.6 Å². The van der Waals surface area contributed by atoms with Crippen LogP contribution in [0.1, 0.15) is 65.7 Å². The number of aliphatic hydroxyl groups is 1. The Hall–Kier alpha value is -1.08. The molecule has 1 heteroatoms. The minimum atomic E-state index is -0.310. The molecule has 0 heterocycles. The highest BCUT2D eigenvalue weighted by Crippen LogP contribution is 2.40. The van der Waals surface area contributed by atoms with Crippen LogP contribution in [0.15, 0.2) is 47.1 Å². The fourth-order valence-corrected chi connectivity index (χ4v) is 3.83. The highest BCUT2D eigenvalue weighted by molar-refractivity contribution is 5.35. The van der Waals surface area contributed by atoms with Crippen LogP contribution in [0.3, 0.4) is 0 Å². The van der Waals surface area contributed by atoms with Crippen LogP contribution in [0, 0.1) is 11.8 Å². The van der Waals surface area contributed by atoms with Crippen molar-refractivity contribution in [3.8, 4) is 0 Å². The van der Waals surface area contributed by atoms with E-state index in [1.165, 1.54) is 48.0 Å². The zero-order valence-corrected chi connectivity index (χ0v) is 14.6. The summed E-state index contributed by atoms with van der Waals surface area (Å²) in [6, 6.07) is 0. The summed E-state index contributed by atoms with van der Waals surface area (Å²) in [5.74, 6) is 0.828. The standard InChI is InChI=1S/C21H32O/c1-5-6-7-8-17-10-12-19(21(22)14-17)20-13-16(4)9-11-18(20)15(2)3/h10,12-13,18,20-22H,2,5-9,11,14H2,1,3-4H3/t18-,20+,21?/m0/s1. The van der Waals surface area contributed by atoms with E-state index in [9.17, 15) is 5.11 Å². The summed E-state index contributed by atoms with van der Waals surface area (Å²) < 4.78 is 0. The van der Waals surface area contributed by atoms with E-state index in [0.29, 0.717) is 11.8 Å². The first kappa shape index (κ1) is 17.3. The van der Waals surface area contributed by atoms with Crippen LogP contribution in [-0.2, 0) is 0 Å². The van der Waals surface area contributed by atoms with Crippen LogP contribution >= 0.6 is 0 Å². The summed E-state index contributed by atoms with van der Waals surface area (Å²) >= 11 is 0. The van der Waals surface area contributed by atoms with Crippen molar-refractivity contribution in [3.05, 3.63) is 47.1 Å². The van der Waals surface area contributed by atoms with Gasteiger partial charge in [0.25, 0.3) is 0 Å². The lowest BCUT2D eigenvalue weighted by molar-refractivity contribution is 0.190. The first-order chi connectivity index (χ1) is 10.5. The number of hydrogen-bond donors (Lipinski definition) is 1. The van der Waals surface area contributed by atoms with E-state index >= 15 is 0 Å². The Labute approximate surface area is 136 Å². The van der Waals surface area contributed by atoms with Gasteiger partial charge < -0.3 is 5.11 Å². The van der Waals surface area contributed by atoms with Gasteiger partial charge in [0.2, 0.25) is 0 Å². The molecule has 0 spiro atoms. The topological polar surface area (TPSA) is 20.2 Å². The molecule has 0 aromatic heterocycles. The van der Waals surface area contributed by atoms with Gasteiger partial charge in [-0.3, -0.25) is 0 Å². The van der Waals surface area contributed by atoms with Gasteiger partial charge in [0.15, 0.2) is 0 Å². The van der Waals surface area contributed by atoms with Crippen molar-refractivity contribution >= 4 is 0 Å². The maximum atomic E-state index is 10.7. The Kier molecular flexibility index (Phi) is 6.26. The second-order valence-electron chi connectivity index (χ2n) is 7.20. The Bertz CT molecular complexity index is 492. The van der Waals surface area contributed by atoms with Gasteiger partial charge in [0, 0.05) is 5.92 Å². The maximum Gasteiger partial charge on any atom is 0.0796 e. The van der Waals surface area contributed by atoms with Gasteiger partial charge in [0.1, 0.15) is 0 Å². The highest BCUT2D eigenvalue weighted by atomic mass is 16.3. The van der Waals surface area contributed by atoms with Crippen LogP contribution in [0.2, 0.25) is 0 Å². The third-order valence-electron chi connectivity index (χ3n) is 5.22. The molecule has 0 aromatic rings. The average Bonchev–Trinajstić information content (AvgIpc) is 2.47. The van der Waals surface area contributed by atoms with Gasteiger partial charge in [-0.25, -0.2) is 0 Å². The largest absolute Gasteiger partial charge is 0.388 e. The van der Waals surface area contributed by atoms with Gasteiger partial charge >= 0.3 is 0 Å². The lowest BCUT2D eigenvalue weighted by Gasteiger charge is -2.35. The number of rotatable bonds is 6. The molecule has 22 heavy (non-hydrogen) atoms. The first-order valence-corrected chi connectivity index (χ1v) is 8.93. The lowest BCUT2D eigenvalue weighted by Crippen LogP contribution is -2.28. The zero-order valence-electron chi connectivity index (χ0n) is 14.6. The molecule has 0 fully saturated rings. The summed E-state index contributed by atoms with van der Waals surface area (Å²) in [5.41, 5.74) is 5.31. The average molecular weight is 300 g/mol. The molecular weight excluding hydrogens is 268 g/mol. The number of hydrogen-bond acceptors (Lipinski definition) is 1. The van der Waals surface area contributed by atoms with Gasteiger partial charge in [-0.15, -0.1) is 0 Å². The van der Waals surface area contributed by atoms with Crippen LogP contribution < -0.4 is 0 Å². The van der Waals surface area contributed by atoms with E-state index < -0.39 is 0 Å². The van der Waals surface area contributed by atoms with Crippen LogP contribution in [-0.4, -0.2) is 11.2 Å². The molecule has 0 saturated carbocycles. The number of allylic oxidation sites excluding steroid dienone is 5. The van der Waals surface area contributed by atoms with Gasteiger partial charge in [0.05, 0.1) is 6.10 Å². The molecule has 1 unspecified atom stereocenters. The summed E-state index contributed by atoms with van der Waals surface area (Å²) in [7, 11) is 0. The van der Waals surface area contributed by atoms with Crippen molar-refractivity contribution in [1.29, 1.82) is 0 Å². The van der Waals surface area contributed by atoms with E-state index in [1.807, 2.05) is 0 Å². The molecule has 2 aliphatic carbocycles. The molecule has 0 aromatic carbocycles. The fraction of sp³-hybridized carbons (Fsp3) is 0.619. The van der Waals surface area contributed by atoms with Crippen LogP contribution in [0.4, 0.5) is 0 Å². The molecule has 0 radical (unpaired) electrons. The normalized spacial score (nSPS) is 28.7. The third kappa shape index (κ3) is 4.23. The van der Waals surface area contributed by atoms with Crippen molar-refractivity contribution < 1.29 is 5.11 Å². The molecule has 122 valence electrons. The van der Waals surface area contributed by atoms with Crippen molar-refractivity contribution in [1.82, 2.24) is 0 Å². The zero-order chi connectivity index (χ0) is 16.1. The first-order valence-electron chi connectivity index (χ1n) is 8.93. The summed E-state index contributed by atoms with van der Waals surface area (Å²) in [5, 5.41) is 10.7. The quantitative estimate of drug-likeness (QED) is 0.490. The minimum Gasteiger partial charge on any atom is -0.388 e. The molecule has 2 rings (SSSR count). The minimum absolute atomic E-state index is 0.310. The van der Waals surface area contributed by atoms with Crippen LogP contribution in [0.25, 0.3) is 0 Å². The van der Waals surface area contributed by atoms with Gasteiger partial charge in [-0.1, -0.05) is 61.3 Å². The van der Waals surface area contributed by atoms with Crippen molar-refractivity contribution in [2.75, 3.05) is 0 Å².